The summed E-state index contributed by atoms with van der Waals surface area (Å²) in [7, 11) is 0. The lowest BCUT2D eigenvalue weighted by atomic mass is 10.1. The van der Waals surface area contributed by atoms with E-state index in [1.807, 2.05) is 29.6 Å². The number of guanidine groups is 1. The van der Waals surface area contributed by atoms with Crippen molar-refractivity contribution in [1.82, 2.24) is 5.32 Å². The van der Waals surface area contributed by atoms with Gasteiger partial charge in [-0.15, -0.1) is 35.3 Å². The van der Waals surface area contributed by atoms with E-state index in [-0.39, 0.29) is 29.9 Å². The fourth-order valence-corrected chi connectivity index (χ4v) is 2.63. The Hall–Kier alpha value is -1.61. The molecule has 2 aromatic rings. The Bertz CT molecular complexity index is 641. The van der Waals surface area contributed by atoms with Crippen molar-refractivity contribution >= 4 is 52.9 Å². The Morgan fingerprint density at radius 3 is 2.62 bits per heavy atom. The minimum Gasteiger partial charge on any atom is -0.370 e. The highest BCUT2D eigenvalue weighted by atomic mass is 127. The number of rotatable bonds is 7. The van der Waals surface area contributed by atoms with Crippen LogP contribution in [0.15, 0.2) is 46.8 Å². The number of aryl methyl sites for hydroxylation is 1. The van der Waals surface area contributed by atoms with Crippen LogP contribution in [0.4, 0.5) is 5.69 Å². The normalized spacial score (nSPS) is 10.8. The number of hydrogen-bond donors (Lipinski definition) is 3. The van der Waals surface area contributed by atoms with Gasteiger partial charge < -0.3 is 16.4 Å². The molecule has 24 heavy (non-hydrogen) atoms. The SMILES string of the molecule is CCc1ccc(NC(N)=NCCCNC(=O)c2cccs2)cc1.I. The molecule has 0 bridgehead atoms. The molecule has 0 aliphatic heterocycles. The number of benzene rings is 1. The molecule has 0 radical (unpaired) electrons. The van der Waals surface area contributed by atoms with Crippen LogP contribution in [-0.2, 0) is 6.42 Å². The Balaban J connectivity index is 0.00000288. The monoisotopic (exact) mass is 458 g/mol. The number of nitrogens with one attached hydrogen (secondary N) is 2. The molecule has 0 unspecified atom stereocenters. The van der Waals surface area contributed by atoms with Gasteiger partial charge in [-0.05, 0) is 42.0 Å². The molecule has 0 atom stereocenters. The van der Waals surface area contributed by atoms with Crippen LogP contribution in [0.2, 0.25) is 0 Å². The van der Waals surface area contributed by atoms with Crippen molar-refractivity contribution < 1.29 is 4.79 Å². The Morgan fingerprint density at radius 1 is 1.25 bits per heavy atom. The number of aliphatic imine (C=N–C) groups is 1. The summed E-state index contributed by atoms with van der Waals surface area (Å²) in [6, 6.07) is 11.8. The summed E-state index contributed by atoms with van der Waals surface area (Å²) in [5.74, 6) is 0.352. The highest BCUT2D eigenvalue weighted by Gasteiger charge is 2.04. The maximum absolute atomic E-state index is 11.7. The van der Waals surface area contributed by atoms with E-state index in [1.54, 1.807) is 0 Å². The molecule has 0 aliphatic rings. The van der Waals surface area contributed by atoms with Crippen molar-refractivity contribution in [3.8, 4) is 0 Å². The van der Waals surface area contributed by atoms with Crippen molar-refractivity contribution in [3.05, 3.63) is 52.2 Å². The van der Waals surface area contributed by atoms with E-state index >= 15 is 0 Å². The third-order valence-electron chi connectivity index (χ3n) is 3.28. The second-order valence-electron chi connectivity index (χ2n) is 5.03. The zero-order valence-electron chi connectivity index (χ0n) is 13.6. The van der Waals surface area contributed by atoms with Crippen molar-refractivity contribution in [3.63, 3.8) is 0 Å². The van der Waals surface area contributed by atoms with Gasteiger partial charge in [0.2, 0.25) is 0 Å². The van der Waals surface area contributed by atoms with Crippen LogP contribution in [0, 0.1) is 0 Å². The summed E-state index contributed by atoms with van der Waals surface area (Å²) in [5, 5.41) is 7.81. The Labute approximate surface area is 163 Å². The van der Waals surface area contributed by atoms with E-state index < -0.39 is 0 Å². The van der Waals surface area contributed by atoms with E-state index in [0.717, 1.165) is 23.4 Å². The van der Waals surface area contributed by atoms with E-state index in [9.17, 15) is 4.79 Å². The molecule has 0 aliphatic carbocycles. The summed E-state index contributed by atoms with van der Waals surface area (Å²) in [4.78, 5) is 16.7. The molecule has 1 aromatic carbocycles. The van der Waals surface area contributed by atoms with Gasteiger partial charge in [-0.3, -0.25) is 9.79 Å². The lowest BCUT2D eigenvalue weighted by molar-refractivity contribution is 0.0957. The quantitative estimate of drug-likeness (QED) is 0.257. The number of amides is 1. The number of halogens is 1. The first-order valence-corrected chi connectivity index (χ1v) is 8.54. The molecular formula is C17H23IN4OS. The smallest absolute Gasteiger partial charge is 0.261 e. The topological polar surface area (TPSA) is 79.5 Å². The first kappa shape index (κ1) is 20.4. The number of carbonyl (C=O) groups excluding carboxylic acids is 1. The van der Waals surface area contributed by atoms with Gasteiger partial charge in [0, 0.05) is 18.8 Å². The van der Waals surface area contributed by atoms with E-state index in [1.165, 1.54) is 16.9 Å². The summed E-state index contributed by atoms with van der Waals surface area (Å²) >= 11 is 1.43. The summed E-state index contributed by atoms with van der Waals surface area (Å²) < 4.78 is 0. The van der Waals surface area contributed by atoms with Gasteiger partial charge in [-0.1, -0.05) is 25.1 Å². The van der Waals surface area contributed by atoms with E-state index in [0.29, 0.717) is 19.0 Å². The zero-order chi connectivity index (χ0) is 16.5. The zero-order valence-corrected chi connectivity index (χ0v) is 16.8. The number of nitrogens with zero attached hydrogens (tertiary/aromatic N) is 1. The molecule has 4 N–H and O–H groups in total. The van der Waals surface area contributed by atoms with Crippen molar-refractivity contribution in [1.29, 1.82) is 0 Å². The molecular weight excluding hydrogens is 435 g/mol. The lowest BCUT2D eigenvalue weighted by Gasteiger charge is -2.06. The average molecular weight is 458 g/mol. The van der Waals surface area contributed by atoms with Crippen LogP contribution in [0.1, 0.15) is 28.6 Å². The predicted molar refractivity (Wildman–Crippen MR) is 113 cm³/mol. The fourth-order valence-electron chi connectivity index (χ4n) is 1.99. The van der Waals surface area contributed by atoms with Crippen LogP contribution in [0.3, 0.4) is 0 Å². The largest absolute Gasteiger partial charge is 0.370 e. The highest BCUT2D eigenvalue weighted by Crippen LogP contribution is 2.09. The molecule has 0 saturated heterocycles. The standard InChI is InChI=1S/C17H22N4OS.HI/c1-2-13-6-8-14(9-7-13)21-17(18)20-11-4-10-19-16(22)15-5-3-12-23-15;/h3,5-9,12H,2,4,10-11H2,1H3,(H,19,22)(H3,18,20,21);1H. The molecule has 1 heterocycles. The first-order chi connectivity index (χ1) is 11.2. The van der Waals surface area contributed by atoms with Gasteiger partial charge in [-0.2, -0.15) is 0 Å². The molecule has 5 nitrogen and oxygen atoms in total. The van der Waals surface area contributed by atoms with Gasteiger partial charge >= 0.3 is 0 Å². The fraction of sp³-hybridized carbons (Fsp3) is 0.294. The second-order valence-corrected chi connectivity index (χ2v) is 5.98. The molecule has 0 saturated carbocycles. The number of thiophene rings is 1. The average Bonchev–Trinajstić information content (AvgIpc) is 3.09. The van der Waals surface area contributed by atoms with Gasteiger partial charge in [0.05, 0.1) is 4.88 Å². The van der Waals surface area contributed by atoms with Crippen LogP contribution < -0.4 is 16.4 Å². The van der Waals surface area contributed by atoms with Crippen molar-refractivity contribution in [2.45, 2.75) is 19.8 Å². The Kier molecular flexibility index (Phi) is 9.39. The molecule has 2 rings (SSSR count). The minimum absolute atomic E-state index is 0. The maximum atomic E-state index is 11.7. The maximum Gasteiger partial charge on any atom is 0.261 e. The van der Waals surface area contributed by atoms with E-state index in [4.69, 9.17) is 5.73 Å². The highest BCUT2D eigenvalue weighted by molar-refractivity contribution is 14.0. The Morgan fingerprint density at radius 2 is 2.00 bits per heavy atom. The van der Waals surface area contributed by atoms with Gasteiger partial charge in [0.1, 0.15) is 0 Å². The number of carbonyl (C=O) groups is 1. The third kappa shape index (κ3) is 6.88. The number of nitrogens with two attached hydrogens (primary N) is 1. The molecule has 0 spiro atoms. The van der Waals surface area contributed by atoms with Crippen molar-refractivity contribution in [2.24, 2.45) is 10.7 Å². The first-order valence-electron chi connectivity index (χ1n) is 7.66. The van der Waals surface area contributed by atoms with Gasteiger partial charge in [-0.25, -0.2) is 0 Å². The van der Waals surface area contributed by atoms with Crippen LogP contribution in [0.25, 0.3) is 0 Å². The molecule has 130 valence electrons. The predicted octanol–water partition coefficient (Wildman–Crippen LogP) is 3.48. The summed E-state index contributed by atoms with van der Waals surface area (Å²) in [6.45, 7) is 3.27. The van der Waals surface area contributed by atoms with Gasteiger partial charge in [0.25, 0.3) is 5.91 Å². The van der Waals surface area contributed by atoms with E-state index in [2.05, 4.69) is 34.7 Å². The molecule has 0 fully saturated rings. The van der Waals surface area contributed by atoms with Crippen molar-refractivity contribution in [2.75, 3.05) is 18.4 Å². The minimum atomic E-state index is -0.0360. The number of anilines is 1. The summed E-state index contributed by atoms with van der Waals surface area (Å²) in [5.41, 5.74) is 8.06. The van der Waals surface area contributed by atoms with Crippen LogP contribution >= 0.6 is 35.3 Å². The summed E-state index contributed by atoms with van der Waals surface area (Å²) in [6.07, 6.45) is 1.76. The molecule has 7 heteroatoms. The number of hydrogen-bond acceptors (Lipinski definition) is 3. The van der Waals surface area contributed by atoms with Crippen LogP contribution in [0.5, 0.6) is 0 Å². The molecule has 1 amide bonds. The molecule has 1 aromatic heterocycles. The third-order valence-corrected chi connectivity index (χ3v) is 4.15. The van der Waals surface area contributed by atoms with Crippen LogP contribution in [-0.4, -0.2) is 25.0 Å². The van der Waals surface area contributed by atoms with Gasteiger partial charge in [0.15, 0.2) is 5.96 Å². The second kappa shape index (κ2) is 11.0. The lowest BCUT2D eigenvalue weighted by Crippen LogP contribution is -2.25.